The van der Waals surface area contributed by atoms with Crippen LogP contribution in [-0.2, 0) is 9.47 Å². The standard InChI is InChI=1S/C15H14O5/c1-18-8-9-19-15(17)12-4-2-11(3-5-12)14-7-6-13(10-16)20-14/h2-7,10H,8-9H2,1H3. The molecule has 0 atom stereocenters. The third-order valence-electron chi connectivity index (χ3n) is 2.67. The maximum absolute atomic E-state index is 11.7. The predicted octanol–water partition coefficient (Wildman–Crippen LogP) is 2.56. The zero-order valence-corrected chi connectivity index (χ0v) is 11.0. The van der Waals surface area contributed by atoms with Crippen molar-refractivity contribution >= 4 is 12.3 Å². The molecule has 20 heavy (non-hydrogen) atoms. The molecule has 0 spiro atoms. The van der Waals surface area contributed by atoms with E-state index in [-0.39, 0.29) is 12.4 Å². The lowest BCUT2D eigenvalue weighted by molar-refractivity contribution is 0.0388. The summed E-state index contributed by atoms with van der Waals surface area (Å²) >= 11 is 0. The third-order valence-corrected chi connectivity index (χ3v) is 2.67. The lowest BCUT2D eigenvalue weighted by Crippen LogP contribution is -2.09. The average Bonchev–Trinajstić information content (AvgIpc) is 2.96. The normalized spacial score (nSPS) is 10.2. The molecule has 1 heterocycles. The summed E-state index contributed by atoms with van der Waals surface area (Å²) in [5.41, 5.74) is 1.23. The van der Waals surface area contributed by atoms with Crippen LogP contribution < -0.4 is 0 Å². The number of rotatable bonds is 6. The Morgan fingerprint density at radius 3 is 2.50 bits per heavy atom. The van der Waals surface area contributed by atoms with E-state index in [1.807, 2.05) is 0 Å². The van der Waals surface area contributed by atoms with E-state index in [1.165, 1.54) is 0 Å². The number of carbonyl (C=O) groups excluding carboxylic acids is 2. The van der Waals surface area contributed by atoms with Crippen molar-refractivity contribution in [1.29, 1.82) is 0 Å². The van der Waals surface area contributed by atoms with Gasteiger partial charge in [-0.25, -0.2) is 4.79 Å². The molecule has 1 aromatic heterocycles. The van der Waals surface area contributed by atoms with Crippen LogP contribution in [0.1, 0.15) is 20.9 Å². The second-order valence-corrected chi connectivity index (χ2v) is 4.03. The summed E-state index contributed by atoms with van der Waals surface area (Å²) < 4.78 is 15.1. The minimum absolute atomic E-state index is 0.220. The molecule has 0 saturated heterocycles. The maximum Gasteiger partial charge on any atom is 0.338 e. The summed E-state index contributed by atoms with van der Waals surface area (Å²) in [5, 5.41) is 0. The minimum atomic E-state index is -0.401. The van der Waals surface area contributed by atoms with E-state index in [0.717, 1.165) is 5.56 Å². The first-order chi connectivity index (χ1) is 9.74. The highest BCUT2D eigenvalue weighted by Crippen LogP contribution is 2.22. The van der Waals surface area contributed by atoms with Crippen molar-refractivity contribution in [3.8, 4) is 11.3 Å². The molecule has 104 valence electrons. The number of hydrogen-bond donors (Lipinski definition) is 0. The van der Waals surface area contributed by atoms with Crippen LogP contribution in [0.2, 0.25) is 0 Å². The largest absolute Gasteiger partial charge is 0.460 e. The van der Waals surface area contributed by atoms with E-state index in [1.54, 1.807) is 43.5 Å². The molecule has 0 N–H and O–H groups in total. The summed E-state index contributed by atoms with van der Waals surface area (Å²) in [6.45, 7) is 0.586. The zero-order chi connectivity index (χ0) is 14.4. The van der Waals surface area contributed by atoms with Crippen molar-refractivity contribution in [1.82, 2.24) is 0 Å². The van der Waals surface area contributed by atoms with Crippen LogP contribution in [0.5, 0.6) is 0 Å². The quantitative estimate of drug-likeness (QED) is 0.460. The lowest BCUT2D eigenvalue weighted by atomic mass is 10.1. The van der Waals surface area contributed by atoms with Gasteiger partial charge in [0.2, 0.25) is 0 Å². The van der Waals surface area contributed by atoms with E-state index in [9.17, 15) is 9.59 Å². The van der Waals surface area contributed by atoms with Gasteiger partial charge in [0.15, 0.2) is 12.0 Å². The number of hydrogen-bond acceptors (Lipinski definition) is 5. The minimum Gasteiger partial charge on any atom is -0.460 e. The highest BCUT2D eigenvalue weighted by atomic mass is 16.6. The molecule has 5 heteroatoms. The maximum atomic E-state index is 11.7. The first-order valence-electron chi connectivity index (χ1n) is 6.06. The molecule has 2 rings (SSSR count). The van der Waals surface area contributed by atoms with Crippen LogP contribution in [0.3, 0.4) is 0 Å². The Morgan fingerprint density at radius 2 is 1.90 bits per heavy atom. The Kier molecular flexibility index (Phi) is 4.68. The molecule has 1 aromatic carbocycles. The Bertz CT molecular complexity index is 583. The van der Waals surface area contributed by atoms with Gasteiger partial charge in [-0.3, -0.25) is 4.79 Å². The van der Waals surface area contributed by atoms with E-state index in [2.05, 4.69) is 0 Å². The van der Waals surface area contributed by atoms with Gasteiger partial charge in [-0.1, -0.05) is 12.1 Å². The molecule has 0 radical (unpaired) electrons. The van der Waals surface area contributed by atoms with Crippen molar-refractivity contribution in [3.05, 3.63) is 47.7 Å². The number of carbonyl (C=O) groups is 2. The zero-order valence-electron chi connectivity index (χ0n) is 11.0. The first-order valence-corrected chi connectivity index (χ1v) is 6.06. The molecule has 0 saturated carbocycles. The van der Waals surface area contributed by atoms with Gasteiger partial charge in [0.05, 0.1) is 12.2 Å². The fourth-order valence-electron chi connectivity index (χ4n) is 1.64. The van der Waals surface area contributed by atoms with Crippen molar-refractivity contribution in [2.45, 2.75) is 0 Å². The van der Waals surface area contributed by atoms with Gasteiger partial charge in [0, 0.05) is 12.7 Å². The van der Waals surface area contributed by atoms with E-state index in [4.69, 9.17) is 13.9 Å². The SMILES string of the molecule is COCCOC(=O)c1ccc(-c2ccc(C=O)o2)cc1. The Morgan fingerprint density at radius 1 is 1.15 bits per heavy atom. The van der Waals surface area contributed by atoms with Crippen LogP contribution in [-0.4, -0.2) is 32.6 Å². The van der Waals surface area contributed by atoms with Crippen LogP contribution in [0.15, 0.2) is 40.8 Å². The summed E-state index contributed by atoms with van der Waals surface area (Å²) in [5.74, 6) is 0.441. The predicted molar refractivity (Wildman–Crippen MR) is 71.7 cm³/mol. The highest BCUT2D eigenvalue weighted by Gasteiger charge is 2.09. The Labute approximate surface area is 116 Å². The van der Waals surface area contributed by atoms with Crippen LogP contribution in [0, 0.1) is 0 Å². The summed E-state index contributed by atoms with van der Waals surface area (Å²) in [6.07, 6.45) is 0.644. The summed E-state index contributed by atoms with van der Waals surface area (Å²) in [7, 11) is 1.54. The van der Waals surface area contributed by atoms with Crippen LogP contribution >= 0.6 is 0 Å². The van der Waals surface area contributed by atoms with Crippen LogP contribution in [0.25, 0.3) is 11.3 Å². The van der Waals surface area contributed by atoms with E-state index >= 15 is 0 Å². The molecule has 0 aliphatic carbocycles. The Balaban J connectivity index is 2.05. The lowest BCUT2D eigenvalue weighted by Gasteiger charge is -2.04. The van der Waals surface area contributed by atoms with Crippen molar-refractivity contribution < 1.29 is 23.5 Å². The number of ether oxygens (including phenoxy) is 2. The topological polar surface area (TPSA) is 65.7 Å². The number of furan rings is 1. The second-order valence-electron chi connectivity index (χ2n) is 4.03. The van der Waals surface area contributed by atoms with E-state index in [0.29, 0.717) is 24.2 Å². The molecule has 0 amide bonds. The van der Waals surface area contributed by atoms with Gasteiger partial charge in [0.25, 0.3) is 0 Å². The highest BCUT2D eigenvalue weighted by molar-refractivity contribution is 5.90. The van der Waals surface area contributed by atoms with Gasteiger partial charge in [-0.05, 0) is 24.3 Å². The molecule has 0 aliphatic heterocycles. The van der Waals surface area contributed by atoms with Crippen molar-refractivity contribution in [2.75, 3.05) is 20.3 Å². The van der Waals surface area contributed by atoms with Gasteiger partial charge in [0.1, 0.15) is 12.4 Å². The molecule has 0 unspecified atom stereocenters. The first kappa shape index (κ1) is 14.0. The van der Waals surface area contributed by atoms with Gasteiger partial charge >= 0.3 is 5.97 Å². The smallest absolute Gasteiger partial charge is 0.338 e. The average molecular weight is 274 g/mol. The molecule has 0 fully saturated rings. The molecule has 0 bridgehead atoms. The number of benzene rings is 1. The fraction of sp³-hybridized carbons (Fsp3) is 0.200. The molecule has 0 aliphatic rings. The molecule has 5 nitrogen and oxygen atoms in total. The number of methoxy groups -OCH3 is 1. The van der Waals surface area contributed by atoms with Gasteiger partial charge in [-0.2, -0.15) is 0 Å². The number of aldehydes is 1. The summed E-state index contributed by atoms with van der Waals surface area (Å²) in [4.78, 5) is 22.2. The van der Waals surface area contributed by atoms with Crippen molar-refractivity contribution in [2.24, 2.45) is 0 Å². The van der Waals surface area contributed by atoms with Crippen LogP contribution in [0.4, 0.5) is 0 Å². The van der Waals surface area contributed by atoms with E-state index < -0.39 is 5.97 Å². The molecule has 2 aromatic rings. The van der Waals surface area contributed by atoms with Crippen molar-refractivity contribution in [3.63, 3.8) is 0 Å². The Hall–Kier alpha value is -2.40. The van der Waals surface area contributed by atoms with Gasteiger partial charge in [-0.15, -0.1) is 0 Å². The fourth-order valence-corrected chi connectivity index (χ4v) is 1.64. The third kappa shape index (κ3) is 3.33. The second kappa shape index (κ2) is 6.68. The summed E-state index contributed by atoms with van der Waals surface area (Å²) in [6, 6.07) is 10.1. The molecular weight excluding hydrogens is 260 g/mol. The molecular formula is C15H14O5. The monoisotopic (exact) mass is 274 g/mol. The number of esters is 1. The van der Waals surface area contributed by atoms with Gasteiger partial charge < -0.3 is 13.9 Å².